The van der Waals surface area contributed by atoms with Crippen LogP contribution >= 0.6 is 11.3 Å². The first kappa shape index (κ1) is 14.5. The van der Waals surface area contributed by atoms with Gasteiger partial charge in [0.1, 0.15) is 6.54 Å². The number of benzene rings is 1. The molecule has 0 spiro atoms. The summed E-state index contributed by atoms with van der Waals surface area (Å²) in [4.78, 5) is 23.4. The van der Waals surface area contributed by atoms with Crippen molar-refractivity contribution in [3.05, 3.63) is 50.6 Å². The highest BCUT2D eigenvalue weighted by atomic mass is 32.1. The number of carbonyl (C=O) groups excluding carboxylic acids is 1. The topological polar surface area (TPSA) is 51.1 Å². The first-order chi connectivity index (χ1) is 9.47. The molecule has 0 saturated carbocycles. The lowest BCUT2D eigenvalue weighted by atomic mass is 10.0. The highest BCUT2D eigenvalue weighted by Gasteiger charge is 2.08. The molecule has 0 unspecified atom stereocenters. The molecule has 1 aromatic carbocycles. The van der Waals surface area contributed by atoms with Gasteiger partial charge in [-0.1, -0.05) is 37.3 Å². The fourth-order valence-electron chi connectivity index (χ4n) is 1.89. The average molecular weight is 290 g/mol. The molecule has 0 atom stereocenters. The molecule has 5 heteroatoms. The number of hydrogen-bond acceptors (Lipinski definition) is 3. The fraction of sp³-hybridized carbons (Fsp3) is 0.333. The van der Waals surface area contributed by atoms with Gasteiger partial charge in [0.25, 0.3) is 0 Å². The Hall–Kier alpha value is -1.88. The molecule has 1 amide bonds. The van der Waals surface area contributed by atoms with E-state index >= 15 is 0 Å². The Morgan fingerprint density at radius 3 is 2.45 bits per heavy atom. The summed E-state index contributed by atoms with van der Waals surface area (Å²) in [5.41, 5.74) is 2.79. The summed E-state index contributed by atoms with van der Waals surface area (Å²) < 4.78 is 1.47. The zero-order valence-corrected chi connectivity index (χ0v) is 12.7. The summed E-state index contributed by atoms with van der Waals surface area (Å²) in [5.74, 6) is 0.276. The van der Waals surface area contributed by atoms with Crippen molar-refractivity contribution in [3.8, 4) is 0 Å². The maximum atomic E-state index is 11.9. The van der Waals surface area contributed by atoms with Crippen molar-refractivity contribution in [2.24, 2.45) is 0 Å². The highest BCUT2D eigenvalue weighted by molar-refractivity contribution is 7.07. The second-order valence-corrected chi connectivity index (χ2v) is 5.87. The van der Waals surface area contributed by atoms with Gasteiger partial charge in [0.15, 0.2) is 0 Å². The molecular weight excluding hydrogens is 272 g/mol. The Bertz CT molecular complexity index is 653. The van der Waals surface area contributed by atoms with Crippen LogP contribution in [0.1, 0.15) is 31.0 Å². The van der Waals surface area contributed by atoms with Crippen LogP contribution in [0.15, 0.2) is 34.4 Å². The third-order valence-corrected chi connectivity index (χ3v) is 4.02. The van der Waals surface area contributed by atoms with E-state index in [2.05, 4.69) is 19.2 Å². The third kappa shape index (κ3) is 3.36. The van der Waals surface area contributed by atoms with E-state index in [4.69, 9.17) is 0 Å². The van der Waals surface area contributed by atoms with Crippen LogP contribution in [0.2, 0.25) is 0 Å². The summed E-state index contributed by atoms with van der Waals surface area (Å²) in [6.45, 7) is 6.13. The molecule has 0 aliphatic heterocycles. The van der Waals surface area contributed by atoms with Gasteiger partial charge in [0, 0.05) is 16.8 Å². The molecule has 0 aliphatic rings. The number of nitrogens with zero attached hydrogens (tertiary/aromatic N) is 1. The van der Waals surface area contributed by atoms with Crippen LogP contribution in [-0.2, 0) is 11.3 Å². The molecule has 1 heterocycles. The Labute approximate surface area is 122 Å². The predicted molar refractivity (Wildman–Crippen MR) is 82.5 cm³/mol. The molecule has 0 bridgehead atoms. The second kappa shape index (κ2) is 6.05. The quantitative estimate of drug-likeness (QED) is 0.941. The van der Waals surface area contributed by atoms with E-state index in [1.807, 2.05) is 31.2 Å². The highest BCUT2D eigenvalue weighted by Crippen LogP contribution is 2.17. The van der Waals surface area contributed by atoms with Crippen molar-refractivity contribution in [1.29, 1.82) is 0 Å². The van der Waals surface area contributed by atoms with E-state index < -0.39 is 0 Å². The largest absolute Gasteiger partial charge is 0.325 e. The number of aryl methyl sites for hydroxylation is 1. The van der Waals surface area contributed by atoms with Gasteiger partial charge in [0.05, 0.1) is 0 Å². The first-order valence-corrected chi connectivity index (χ1v) is 7.40. The zero-order valence-electron chi connectivity index (χ0n) is 11.8. The van der Waals surface area contributed by atoms with E-state index in [0.29, 0.717) is 5.92 Å². The maximum Gasteiger partial charge on any atom is 0.307 e. The van der Waals surface area contributed by atoms with Crippen LogP contribution in [0, 0.1) is 6.92 Å². The minimum Gasteiger partial charge on any atom is -0.325 e. The van der Waals surface area contributed by atoms with E-state index in [0.717, 1.165) is 22.7 Å². The summed E-state index contributed by atoms with van der Waals surface area (Å²) in [5, 5.41) is 4.56. The number of anilines is 1. The van der Waals surface area contributed by atoms with E-state index in [-0.39, 0.29) is 17.3 Å². The molecule has 0 aliphatic carbocycles. The predicted octanol–water partition coefficient (Wildman–Crippen LogP) is 2.98. The van der Waals surface area contributed by atoms with E-state index in [9.17, 15) is 9.59 Å². The smallest absolute Gasteiger partial charge is 0.307 e. The van der Waals surface area contributed by atoms with Crippen molar-refractivity contribution in [2.75, 3.05) is 5.32 Å². The second-order valence-electron chi connectivity index (χ2n) is 5.05. The van der Waals surface area contributed by atoms with Crippen molar-refractivity contribution in [2.45, 2.75) is 33.2 Å². The summed E-state index contributed by atoms with van der Waals surface area (Å²) in [6.07, 6.45) is 0. The van der Waals surface area contributed by atoms with Gasteiger partial charge in [-0.05, 0) is 30.5 Å². The van der Waals surface area contributed by atoms with Crippen molar-refractivity contribution < 1.29 is 4.79 Å². The lowest BCUT2D eigenvalue weighted by Gasteiger charge is -2.09. The van der Waals surface area contributed by atoms with Gasteiger partial charge in [0.2, 0.25) is 5.91 Å². The van der Waals surface area contributed by atoms with Gasteiger partial charge in [-0.25, -0.2) is 0 Å². The van der Waals surface area contributed by atoms with Crippen LogP contribution in [0.25, 0.3) is 0 Å². The van der Waals surface area contributed by atoms with Crippen LogP contribution < -0.4 is 10.2 Å². The van der Waals surface area contributed by atoms with Gasteiger partial charge >= 0.3 is 4.87 Å². The lowest BCUT2D eigenvalue weighted by molar-refractivity contribution is -0.116. The summed E-state index contributed by atoms with van der Waals surface area (Å²) in [7, 11) is 0. The Morgan fingerprint density at radius 2 is 1.95 bits per heavy atom. The van der Waals surface area contributed by atoms with Gasteiger partial charge < -0.3 is 5.32 Å². The van der Waals surface area contributed by atoms with Crippen LogP contribution in [0.4, 0.5) is 5.69 Å². The molecule has 1 N–H and O–H groups in total. The normalized spacial score (nSPS) is 10.8. The van der Waals surface area contributed by atoms with Crippen molar-refractivity contribution in [1.82, 2.24) is 4.57 Å². The molecular formula is C15H18N2O2S. The molecule has 0 fully saturated rings. The van der Waals surface area contributed by atoms with E-state index in [1.165, 1.54) is 10.1 Å². The minimum atomic E-state index is -0.189. The number of thiazole rings is 1. The van der Waals surface area contributed by atoms with Crippen LogP contribution in [0.3, 0.4) is 0 Å². The van der Waals surface area contributed by atoms with Crippen LogP contribution in [0.5, 0.6) is 0 Å². The maximum absolute atomic E-state index is 11.9. The Balaban J connectivity index is 2.03. The average Bonchev–Trinajstić information content (AvgIpc) is 2.71. The number of aromatic nitrogens is 1. The lowest BCUT2D eigenvalue weighted by Crippen LogP contribution is -2.25. The number of carbonyl (C=O) groups is 1. The summed E-state index contributed by atoms with van der Waals surface area (Å²) in [6, 6.07) is 7.78. The Kier molecular flexibility index (Phi) is 4.39. The minimum absolute atomic E-state index is 0.0557. The number of nitrogens with one attached hydrogen (secondary N) is 1. The Morgan fingerprint density at radius 1 is 1.30 bits per heavy atom. The molecule has 0 radical (unpaired) electrons. The number of hydrogen-bond donors (Lipinski definition) is 1. The molecule has 1 aromatic heterocycles. The van der Waals surface area contributed by atoms with Crippen molar-refractivity contribution >= 4 is 22.9 Å². The molecule has 20 heavy (non-hydrogen) atoms. The molecule has 106 valence electrons. The number of rotatable bonds is 4. The number of amides is 1. The standard InChI is InChI=1S/C15H18N2O2S/c1-10(2)12-4-6-13(7-5-12)16-14(18)8-17-11(3)9-20-15(17)19/h4-7,9-10H,8H2,1-3H3,(H,16,18). The molecule has 2 aromatic rings. The summed E-state index contributed by atoms with van der Waals surface area (Å²) >= 11 is 1.11. The fourth-order valence-corrected chi connectivity index (χ4v) is 2.63. The SMILES string of the molecule is Cc1csc(=O)n1CC(=O)Nc1ccc(C(C)C)cc1. The third-order valence-electron chi connectivity index (χ3n) is 3.14. The van der Waals surface area contributed by atoms with Gasteiger partial charge in [-0.15, -0.1) is 0 Å². The van der Waals surface area contributed by atoms with Crippen LogP contribution in [-0.4, -0.2) is 10.5 Å². The monoisotopic (exact) mass is 290 g/mol. The first-order valence-electron chi connectivity index (χ1n) is 6.52. The molecule has 4 nitrogen and oxygen atoms in total. The van der Waals surface area contributed by atoms with Crippen molar-refractivity contribution in [3.63, 3.8) is 0 Å². The molecule has 2 rings (SSSR count). The van der Waals surface area contributed by atoms with Gasteiger partial charge in [-0.2, -0.15) is 0 Å². The zero-order chi connectivity index (χ0) is 14.7. The molecule has 0 saturated heterocycles. The van der Waals surface area contributed by atoms with E-state index in [1.54, 1.807) is 5.38 Å². The van der Waals surface area contributed by atoms with Gasteiger partial charge in [-0.3, -0.25) is 14.2 Å².